The summed E-state index contributed by atoms with van der Waals surface area (Å²) >= 11 is 0. The van der Waals surface area contributed by atoms with Gasteiger partial charge in [0.05, 0.1) is 23.7 Å². The molecule has 0 atom stereocenters. The molecule has 1 aromatic heterocycles. The summed E-state index contributed by atoms with van der Waals surface area (Å²) in [5.74, 6) is -0.0436. The lowest BCUT2D eigenvalue weighted by Crippen LogP contribution is -2.34. The van der Waals surface area contributed by atoms with Crippen molar-refractivity contribution in [1.82, 2.24) is 10.3 Å². The number of benzene rings is 2. The number of hydrogen-bond acceptors (Lipinski definition) is 4. The lowest BCUT2D eigenvalue weighted by Gasteiger charge is -2.18. The Morgan fingerprint density at radius 3 is 2.62 bits per heavy atom. The molecule has 2 aromatic carbocycles. The van der Waals surface area contributed by atoms with E-state index in [1.807, 2.05) is 24.3 Å². The van der Waals surface area contributed by atoms with E-state index in [1.54, 1.807) is 25.3 Å². The molecular weight excluding hydrogens is 308 g/mol. The Morgan fingerprint density at radius 1 is 1.21 bits per heavy atom. The number of carbonyl (C=O) groups excluding carboxylic acids is 1. The third-order valence-corrected chi connectivity index (χ3v) is 4.44. The average Bonchev–Trinajstić information content (AvgIpc) is 3.26. The molecule has 0 bridgehead atoms. The van der Waals surface area contributed by atoms with Gasteiger partial charge in [0.25, 0.3) is 5.91 Å². The van der Waals surface area contributed by atoms with E-state index >= 15 is 0 Å². The van der Waals surface area contributed by atoms with E-state index in [0.717, 1.165) is 24.2 Å². The number of para-hydroxylation sites is 1. The smallest absolute Gasteiger partial charge is 0.417 e. The van der Waals surface area contributed by atoms with E-state index in [1.165, 1.54) is 0 Å². The third kappa shape index (κ3) is 2.36. The van der Waals surface area contributed by atoms with Gasteiger partial charge in [-0.15, -0.1) is 0 Å². The van der Waals surface area contributed by atoms with Crippen molar-refractivity contribution < 1.29 is 13.9 Å². The molecule has 6 nitrogen and oxygen atoms in total. The molecule has 122 valence electrons. The second-order valence-electron chi connectivity index (χ2n) is 5.96. The van der Waals surface area contributed by atoms with Crippen molar-refractivity contribution in [2.75, 3.05) is 7.11 Å². The van der Waals surface area contributed by atoms with Crippen LogP contribution in [0.4, 0.5) is 0 Å². The van der Waals surface area contributed by atoms with E-state index in [2.05, 4.69) is 10.3 Å². The van der Waals surface area contributed by atoms with E-state index < -0.39 is 5.76 Å². The summed E-state index contributed by atoms with van der Waals surface area (Å²) < 4.78 is 10.3. The summed E-state index contributed by atoms with van der Waals surface area (Å²) in [6.45, 7) is 0. The minimum atomic E-state index is -0.568. The minimum absolute atomic E-state index is 0.253. The standard InChI is InChI=1S/C18H16N2O4/c1-23-12-7-5-11(6-8-12)18(9-10-18)20-16(21)13-3-2-4-14-15(13)24-17(22)19-14/h2-8H,9-10H2,1H3,(H,19,22)(H,20,21). The number of aromatic amines is 1. The number of fused-ring (bicyclic) bond motifs is 1. The number of methoxy groups -OCH3 is 1. The van der Waals surface area contributed by atoms with Crippen molar-refractivity contribution >= 4 is 17.0 Å². The van der Waals surface area contributed by atoms with Crippen LogP contribution in [0.25, 0.3) is 11.1 Å². The van der Waals surface area contributed by atoms with Crippen LogP contribution in [-0.4, -0.2) is 18.0 Å². The number of carbonyl (C=O) groups is 1. The van der Waals surface area contributed by atoms with Gasteiger partial charge in [0.1, 0.15) is 5.75 Å². The van der Waals surface area contributed by atoms with Crippen molar-refractivity contribution in [3.8, 4) is 5.75 Å². The molecule has 4 rings (SSSR count). The average molecular weight is 324 g/mol. The van der Waals surface area contributed by atoms with E-state index in [4.69, 9.17) is 9.15 Å². The summed E-state index contributed by atoms with van der Waals surface area (Å²) in [7, 11) is 1.62. The molecule has 3 aromatic rings. The largest absolute Gasteiger partial charge is 0.497 e. The fraction of sp³-hybridized carbons (Fsp3) is 0.222. The maximum absolute atomic E-state index is 12.7. The molecule has 6 heteroatoms. The Balaban J connectivity index is 1.64. The van der Waals surface area contributed by atoms with Gasteiger partial charge in [-0.25, -0.2) is 4.79 Å². The number of amides is 1. The van der Waals surface area contributed by atoms with Gasteiger partial charge in [0.15, 0.2) is 5.58 Å². The Labute approximate surface area is 137 Å². The lowest BCUT2D eigenvalue weighted by atomic mass is 10.0. The summed E-state index contributed by atoms with van der Waals surface area (Å²) in [4.78, 5) is 26.6. The van der Waals surface area contributed by atoms with Crippen LogP contribution in [0.3, 0.4) is 0 Å². The number of H-pyrrole nitrogens is 1. The molecule has 24 heavy (non-hydrogen) atoms. The number of oxazole rings is 1. The highest BCUT2D eigenvalue weighted by Gasteiger charge is 2.46. The highest BCUT2D eigenvalue weighted by molar-refractivity contribution is 6.04. The van der Waals surface area contributed by atoms with Gasteiger partial charge in [-0.05, 0) is 42.7 Å². The highest BCUT2D eigenvalue weighted by Crippen LogP contribution is 2.46. The first-order chi connectivity index (χ1) is 11.6. The topological polar surface area (TPSA) is 84.3 Å². The second kappa shape index (κ2) is 5.26. The first kappa shape index (κ1) is 14.6. The van der Waals surface area contributed by atoms with Crippen LogP contribution in [0.1, 0.15) is 28.8 Å². The van der Waals surface area contributed by atoms with Crippen LogP contribution >= 0.6 is 0 Å². The molecule has 1 saturated carbocycles. The van der Waals surface area contributed by atoms with E-state index in [0.29, 0.717) is 11.1 Å². The zero-order valence-corrected chi connectivity index (χ0v) is 13.1. The predicted octanol–water partition coefficient (Wildman–Crippen LogP) is 2.55. The molecule has 0 aliphatic heterocycles. The van der Waals surface area contributed by atoms with Crippen molar-refractivity contribution in [1.29, 1.82) is 0 Å². The summed E-state index contributed by atoms with van der Waals surface area (Å²) in [5.41, 5.74) is 1.83. The Morgan fingerprint density at radius 2 is 1.96 bits per heavy atom. The highest BCUT2D eigenvalue weighted by atomic mass is 16.5. The molecule has 2 N–H and O–H groups in total. The van der Waals surface area contributed by atoms with Gasteiger partial charge < -0.3 is 14.5 Å². The van der Waals surface area contributed by atoms with Crippen LogP contribution in [0.2, 0.25) is 0 Å². The maximum atomic E-state index is 12.7. The predicted molar refractivity (Wildman–Crippen MR) is 88.2 cm³/mol. The Bertz CT molecular complexity index is 965. The molecule has 1 aliphatic carbocycles. The van der Waals surface area contributed by atoms with Crippen molar-refractivity contribution in [3.05, 3.63) is 64.1 Å². The zero-order valence-electron chi connectivity index (χ0n) is 13.1. The molecule has 1 aliphatic rings. The zero-order chi connectivity index (χ0) is 16.7. The summed E-state index contributed by atoms with van der Waals surface area (Å²) in [5, 5.41) is 3.08. The number of nitrogens with one attached hydrogen (secondary N) is 2. The summed E-state index contributed by atoms with van der Waals surface area (Å²) in [6.07, 6.45) is 1.75. The van der Waals surface area contributed by atoms with Crippen molar-refractivity contribution in [3.63, 3.8) is 0 Å². The number of rotatable bonds is 4. The third-order valence-electron chi connectivity index (χ3n) is 4.44. The van der Waals surface area contributed by atoms with Crippen LogP contribution in [0.15, 0.2) is 51.7 Å². The van der Waals surface area contributed by atoms with E-state index in [-0.39, 0.29) is 17.0 Å². The van der Waals surface area contributed by atoms with Gasteiger partial charge in [-0.3, -0.25) is 9.78 Å². The lowest BCUT2D eigenvalue weighted by molar-refractivity contribution is 0.0931. The summed E-state index contributed by atoms with van der Waals surface area (Å²) in [6, 6.07) is 12.8. The molecule has 0 unspecified atom stereocenters. The van der Waals surface area contributed by atoms with Crippen molar-refractivity contribution in [2.45, 2.75) is 18.4 Å². The number of hydrogen-bond donors (Lipinski definition) is 2. The molecule has 0 saturated heterocycles. The second-order valence-corrected chi connectivity index (χ2v) is 5.96. The first-order valence-corrected chi connectivity index (χ1v) is 7.70. The Kier molecular flexibility index (Phi) is 3.19. The van der Waals surface area contributed by atoms with Crippen LogP contribution in [-0.2, 0) is 5.54 Å². The quantitative estimate of drug-likeness (QED) is 0.772. The Hall–Kier alpha value is -3.02. The van der Waals surface area contributed by atoms with Crippen molar-refractivity contribution in [2.24, 2.45) is 0 Å². The van der Waals surface area contributed by atoms with Crippen LogP contribution < -0.4 is 15.8 Å². The number of ether oxygens (including phenoxy) is 1. The molecule has 1 amide bonds. The molecule has 1 fully saturated rings. The monoisotopic (exact) mass is 324 g/mol. The molecule has 0 radical (unpaired) electrons. The van der Waals surface area contributed by atoms with Crippen LogP contribution in [0.5, 0.6) is 5.75 Å². The number of aromatic nitrogens is 1. The van der Waals surface area contributed by atoms with Gasteiger partial charge in [0, 0.05) is 0 Å². The fourth-order valence-electron chi connectivity index (χ4n) is 2.96. The maximum Gasteiger partial charge on any atom is 0.417 e. The van der Waals surface area contributed by atoms with Gasteiger partial charge in [-0.1, -0.05) is 18.2 Å². The molecule has 0 spiro atoms. The normalized spacial score (nSPS) is 15.2. The SMILES string of the molecule is COc1ccc(C2(NC(=O)c3cccc4[nH]c(=O)oc34)CC2)cc1. The van der Waals surface area contributed by atoms with Gasteiger partial charge in [-0.2, -0.15) is 0 Å². The van der Waals surface area contributed by atoms with Gasteiger partial charge in [0.2, 0.25) is 0 Å². The molecule has 1 heterocycles. The molecular formula is C18H16N2O4. The first-order valence-electron chi connectivity index (χ1n) is 7.70. The fourth-order valence-corrected chi connectivity index (χ4v) is 2.96. The van der Waals surface area contributed by atoms with Crippen LogP contribution in [0, 0.1) is 0 Å². The minimum Gasteiger partial charge on any atom is -0.497 e. The van der Waals surface area contributed by atoms with Gasteiger partial charge >= 0.3 is 5.76 Å². The van der Waals surface area contributed by atoms with E-state index in [9.17, 15) is 9.59 Å².